The van der Waals surface area contributed by atoms with E-state index in [1.165, 1.54) is 17.8 Å². The Morgan fingerprint density at radius 3 is 2.39 bits per heavy atom. The number of halogens is 1. The van der Waals surface area contributed by atoms with Crippen LogP contribution >= 0.6 is 11.8 Å². The monoisotopic (exact) mass is 685 g/mol. The summed E-state index contributed by atoms with van der Waals surface area (Å²) in [5, 5.41) is -1.03. The second-order valence-electron chi connectivity index (χ2n) is 14.2. The average Bonchev–Trinajstić information content (AvgIpc) is 3.59. The summed E-state index contributed by atoms with van der Waals surface area (Å²) in [4.78, 5) is 55.9. The van der Waals surface area contributed by atoms with Gasteiger partial charge in [-0.2, -0.15) is 0 Å². The highest BCUT2D eigenvalue weighted by Gasteiger charge is 2.44. The lowest BCUT2D eigenvalue weighted by atomic mass is 10.0. The number of hydrogen-bond acceptors (Lipinski definition) is 7. The number of H-pyrrole nitrogens is 1. The maximum atomic E-state index is 15.8. The molecular weight excluding hydrogens is 642 g/mol. The number of amides is 2. The molecular formula is C37H44FN7O3S. The predicted molar refractivity (Wildman–Crippen MR) is 191 cm³/mol. The molecule has 3 saturated heterocycles. The number of anilines is 1. The molecule has 7 rings (SSSR count). The zero-order chi connectivity index (χ0) is 34.3. The van der Waals surface area contributed by atoms with Gasteiger partial charge >= 0.3 is 5.69 Å². The number of piperazine rings is 1. The van der Waals surface area contributed by atoms with E-state index >= 15 is 4.39 Å². The Balaban J connectivity index is 1.09. The van der Waals surface area contributed by atoms with E-state index in [2.05, 4.69) is 40.5 Å². The molecule has 258 valence electrons. The molecule has 3 aliphatic rings. The Bertz CT molecular complexity index is 1870. The van der Waals surface area contributed by atoms with E-state index in [0.717, 1.165) is 29.7 Å². The van der Waals surface area contributed by atoms with E-state index in [9.17, 15) is 14.4 Å². The summed E-state index contributed by atoms with van der Waals surface area (Å²) in [5.41, 5.74) is 3.47. The minimum absolute atomic E-state index is 0.0328. The van der Waals surface area contributed by atoms with E-state index in [0.29, 0.717) is 56.9 Å². The number of hydrogen-bond donors (Lipinski definition) is 1. The van der Waals surface area contributed by atoms with Crippen LogP contribution in [0.3, 0.4) is 0 Å². The van der Waals surface area contributed by atoms with Crippen LogP contribution in [0.1, 0.15) is 62.6 Å². The van der Waals surface area contributed by atoms with Crippen molar-refractivity contribution in [2.45, 2.75) is 68.8 Å². The summed E-state index contributed by atoms with van der Waals surface area (Å²) in [6.45, 7) is 11.0. The first-order valence-corrected chi connectivity index (χ1v) is 18.1. The van der Waals surface area contributed by atoms with Crippen LogP contribution in [0.2, 0.25) is 0 Å². The van der Waals surface area contributed by atoms with Crippen LogP contribution in [-0.2, 0) is 16.1 Å². The molecule has 3 fully saturated rings. The highest BCUT2D eigenvalue weighted by atomic mass is 32.2. The Kier molecular flexibility index (Phi) is 9.27. The number of likely N-dealkylation sites (tertiary alicyclic amines) is 1. The van der Waals surface area contributed by atoms with Gasteiger partial charge in [-0.05, 0) is 57.4 Å². The van der Waals surface area contributed by atoms with Crippen molar-refractivity contribution >= 4 is 40.4 Å². The molecule has 2 amide bonds. The number of para-hydroxylation sites is 1. The van der Waals surface area contributed by atoms with E-state index < -0.39 is 10.6 Å². The molecule has 2 atom stereocenters. The number of carbonyl (C=O) groups excluding carboxylic acids is 2. The molecule has 2 aromatic carbocycles. The van der Waals surface area contributed by atoms with Crippen LogP contribution in [0.25, 0.3) is 11.2 Å². The maximum Gasteiger partial charge on any atom is 0.327 e. The molecule has 0 radical (unpaired) electrons. The molecule has 0 aliphatic carbocycles. The number of thioether (sulfide) groups is 1. The minimum atomic E-state index is -0.588. The molecule has 2 aromatic heterocycles. The number of piperidine rings is 1. The largest absolute Gasteiger partial charge is 0.366 e. The molecule has 1 N–H and O–H groups in total. The lowest BCUT2D eigenvalue weighted by Gasteiger charge is -2.43. The Morgan fingerprint density at radius 2 is 1.67 bits per heavy atom. The first-order valence-electron chi connectivity index (χ1n) is 17.2. The smallest absolute Gasteiger partial charge is 0.327 e. The molecule has 0 saturated carbocycles. The zero-order valence-corrected chi connectivity index (χ0v) is 29.2. The molecule has 1 unspecified atom stereocenters. The van der Waals surface area contributed by atoms with Gasteiger partial charge in [0.05, 0.1) is 16.5 Å². The van der Waals surface area contributed by atoms with Gasteiger partial charge in [0.25, 0.3) is 0 Å². The quantitative estimate of drug-likeness (QED) is 0.287. The summed E-state index contributed by atoms with van der Waals surface area (Å²) in [7, 11) is 0. The normalized spacial score (nSPS) is 21.2. The highest BCUT2D eigenvalue weighted by Crippen LogP contribution is 2.48. The van der Waals surface area contributed by atoms with Crippen molar-refractivity contribution < 1.29 is 14.0 Å². The van der Waals surface area contributed by atoms with Crippen molar-refractivity contribution in [2.75, 3.05) is 44.2 Å². The van der Waals surface area contributed by atoms with Gasteiger partial charge in [-0.15, -0.1) is 11.8 Å². The number of pyridine rings is 1. The van der Waals surface area contributed by atoms with E-state index in [-0.39, 0.29) is 41.3 Å². The summed E-state index contributed by atoms with van der Waals surface area (Å²) in [5.74, 6) is -0.468. The molecule has 10 nitrogen and oxygen atoms in total. The Morgan fingerprint density at radius 1 is 0.939 bits per heavy atom. The van der Waals surface area contributed by atoms with Gasteiger partial charge in [0.2, 0.25) is 11.8 Å². The maximum absolute atomic E-state index is 15.8. The van der Waals surface area contributed by atoms with Crippen LogP contribution in [0.15, 0.2) is 71.7 Å². The fourth-order valence-corrected chi connectivity index (χ4v) is 9.02. The van der Waals surface area contributed by atoms with Gasteiger partial charge in [-0.25, -0.2) is 14.2 Å². The van der Waals surface area contributed by atoms with E-state index in [1.807, 2.05) is 58.3 Å². The van der Waals surface area contributed by atoms with E-state index in [1.54, 1.807) is 16.8 Å². The second-order valence-corrected chi connectivity index (χ2v) is 15.5. The lowest BCUT2D eigenvalue weighted by Crippen LogP contribution is -2.53. The summed E-state index contributed by atoms with van der Waals surface area (Å²) >= 11 is 1.45. The van der Waals surface area contributed by atoms with Gasteiger partial charge < -0.3 is 14.7 Å². The van der Waals surface area contributed by atoms with Gasteiger partial charge in [-0.3, -0.25) is 24.0 Å². The molecule has 0 bridgehead atoms. The van der Waals surface area contributed by atoms with Crippen molar-refractivity contribution in [3.05, 3.63) is 94.3 Å². The SMILES string of the molecule is CC(C)(C)N1CCN(c2c(F)cccc2C2S[C@H](CC(=O)N3CCC(n4c(=O)[nH]c5ncccc54)CC3)C(=O)N2Cc2ccccc2)CC1. The molecule has 49 heavy (non-hydrogen) atoms. The number of rotatable bonds is 7. The number of nitrogens with zero attached hydrogens (tertiary/aromatic N) is 6. The number of benzene rings is 2. The average molecular weight is 686 g/mol. The van der Waals surface area contributed by atoms with Gasteiger partial charge in [0.15, 0.2) is 5.65 Å². The van der Waals surface area contributed by atoms with Crippen molar-refractivity contribution in [1.29, 1.82) is 0 Å². The van der Waals surface area contributed by atoms with Crippen LogP contribution < -0.4 is 10.6 Å². The number of imidazole rings is 1. The van der Waals surface area contributed by atoms with Crippen LogP contribution in [0.5, 0.6) is 0 Å². The van der Waals surface area contributed by atoms with Gasteiger partial charge in [0.1, 0.15) is 11.2 Å². The van der Waals surface area contributed by atoms with Crippen molar-refractivity contribution in [2.24, 2.45) is 0 Å². The molecule has 0 spiro atoms. The zero-order valence-electron chi connectivity index (χ0n) is 28.3. The van der Waals surface area contributed by atoms with Crippen LogP contribution in [-0.4, -0.2) is 91.1 Å². The second kappa shape index (κ2) is 13.6. The standard InChI is InChI=1S/C37H44FN7O3S/c1-37(2,3)43-21-19-42(20-22-43)32-27(11-7-12-28(32)38)35-44(24-25-9-5-4-6-10-25)34(47)30(49-35)23-31(46)41-17-14-26(15-18-41)45-29-13-8-16-39-33(29)40-36(45)48/h4-13,16,26,30,35H,14-15,17-24H2,1-3H3,(H,39,40,48)/t30-,35?/m1/s1. The molecule has 4 aromatic rings. The number of nitrogens with one attached hydrogen (secondary N) is 1. The Labute approximate surface area is 290 Å². The number of fused-ring (bicyclic) bond motifs is 1. The van der Waals surface area contributed by atoms with Crippen molar-refractivity contribution in [3.63, 3.8) is 0 Å². The highest BCUT2D eigenvalue weighted by molar-refractivity contribution is 8.01. The van der Waals surface area contributed by atoms with Gasteiger partial charge in [-0.1, -0.05) is 42.5 Å². The fraction of sp³-hybridized carbons (Fsp3) is 0.459. The molecule has 5 heterocycles. The number of aromatic amines is 1. The molecule has 3 aliphatic heterocycles. The lowest BCUT2D eigenvalue weighted by molar-refractivity contribution is -0.137. The summed E-state index contributed by atoms with van der Waals surface area (Å²) < 4.78 is 17.6. The third-order valence-electron chi connectivity index (χ3n) is 10.2. The topological polar surface area (TPSA) is 97.8 Å². The van der Waals surface area contributed by atoms with E-state index in [4.69, 9.17) is 0 Å². The minimum Gasteiger partial charge on any atom is -0.366 e. The predicted octanol–water partition coefficient (Wildman–Crippen LogP) is 5.18. The van der Waals surface area contributed by atoms with Crippen molar-refractivity contribution in [1.82, 2.24) is 29.2 Å². The number of aromatic nitrogens is 3. The first-order chi connectivity index (χ1) is 23.6. The van der Waals surface area contributed by atoms with Crippen molar-refractivity contribution in [3.8, 4) is 0 Å². The number of carbonyl (C=O) groups is 2. The fourth-order valence-electron chi connectivity index (χ4n) is 7.55. The van der Waals surface area contributed by atoms with Crippen LogP contribution in [0.4, 0.5) is 10.1 Å². The third-order valence-corrected chi connectivity index (χ3v) is 11.7. The molecule has 12 heteroatoms. The summed E-state index contributed by atoms with van der Waals surface area (Å²) in [6.07, 6.45) is 3.00. The van der Waals surface area contributed by atoms with Crippen LogP contribution in [0, 0.1) is 5.82 Å². The first kappa shape index (κ1) is 33.3. The third kappa shape index (κ3) is 6.72. The van der Waals surface area contributed by atoms with Gasteiger partial charge in [0, 0.05) is 75.6 Å². The Hall–Kier alpha value is -4.16. The summed E-state index contributed by atoms with van der Waals surface area (Å²) in [6, 6.07) is 18.7.